The number of aromatic nitrogens is 1. The minimum absolute atomic E-state index is 0.110. The van der Waals surface area contributed by atoms with Gasteiger partial charge in [0, 0.05) is 17.3 Å². The summed E-state index contributed by atoms with van der Waals surface area (Å²) in [6.45, 7) is 5.63. The molecule has 1 heterocycles. The smallest absolute Gasteiger partial charge is 0.264 e. The molecule has 0 spiro atoms. The van der Waals surface area contributed by atoms with Crippen molar-refractivity contribution in [1.82, 2.24) is 9.71 Å². The highest BCUT2D eigenvalue weighted by Crippen LogP contribution is 2.33. The number of sulfonamides is 1. The van der Waals surface area contributed by atoms with Crippen molar-refractivity contribution in [2.75, 3.05) is 17.7 Å². The van der Waals surface area contributed by atoms with Crippen LogP contribution in [-0.2, 0) is 21.4 Å². The summed E-state index contributed by atoms with van der Waals surface area (Å²) < 4.78 is 40.1. The van der Waals surface area contributed by atoms with Crippen molar-refractivity contribution in [2.24, 2.45) is 0 Å². The Morgan fingerprint density at radius 1 is 1.05 bits per heavy atom. The van der Waals surface area contributed by atoms with Crippen LogP contribution in [0.5, 0.6) is 11.5 Å². The van der Waals surface area contributed by atoms with Gasteiger partial charge in [-0.15, -0.1) is 0 Å². The summed E-state index contributed by atoms with van der Waals surface area (Å²) in [5.41, 5.74) is 7.39. The van der Waals surface area contributed by atoms with Crippen molar-refractivity contribution in [3.8, 4) is 11.5 Å². The molecular weight excluding hydrogens is 532 g/mol. The van der Waals surface area contributed by atoms with E-state index in [0.29, 0.717) is 40.7 Å². The first-order valence-corrected chi connectivity index (χ1v) is 14.2. The van der Waals surface area contributed by atoms with E-state index in [0.717, 1.165) is 10.8 Å². The second-order valence-electron chi connectivity index (χ2n) is 9.29. The number of benzene rings is 3. The molecule has 3 aromatic carbocycles. The van der Waals surface area contributed by atoms with Crippen LogP contribution >= 0.6 is 0 Å². The van der Waals surface area contributed by atoms with Gasteiger partial charge in [0.2, 0.25) is 0 Å². The van der Waals surface area contributed by atoms with E-state index in [2.05, 4.69) is 15.0 Å². The van der Waals surface area contributed by atoms with Crippen molar-refractivity contribution in [1.29, 1.82) is 0 Å². The maximum atomic E-state index is 13.6. The van der Waals surface area contributed by atoms with E-state index in [-0.39, 0.29) is 17.6 Å². The standard InChI is InChI=1S/C29H32N4O6S/c1-4-38-26-16-21(8-11-25(26)39-18(2)3)27(32-22-9-10-24-20(15-22)12-13-31-28(24)30)29(35)33-40(36,37)23-7-5-6-19(14-23)17-34/h5-16,18,27,32,34H,4,17H2,1-3H3,(H2,30,31)(H,33,35). The number of aliphatic hydroxyl groups excluding tert-OH is 1. The minimum Gasteiger partial charge on any atom is -0.490 e. The van der Waals surface area contributed by atoms with E-state index < -0.39 is 22.0 Å². The van der Waals surface area contributed by atoms with Gasteiger partial charge in [-0.1, -0.05) is 18.2 Å². The average Bonchev–Trinajstić information content (AvgIpc) is 2.92. The maximum absolute atomic E-state index is 13.6. The molecule has 10 nitrogen and oxygen atoms in total. The number of ether oxygens (including phenoxy) is 2. The molecule has 40 heavy (non-hydrogen) atoms. The Kier molecular flexibility index (Phi) is 8.76. The lowest BCUT2D eigenvalue weighted by Crippen LogP contribution is -2.37. The van der Waals surface area contributed by atoms with E-state index in [1.165, 1.54) is 18.2 Å². The fourth-order valence-corrected chi connectivity index (χ4v) is 5.21. The molecule has 0 bridgehead atoms. The highest BCUT2D eigenvalue weighted by Gasteiger charge is 2.28. The largest absolute Gasteiger partial charge is 0.490 e. The predicted molar refractivity (Wildman–Crippen MR) is 154 cm³/mol. The third kappa shape index (κ3) is 6.61. The van der Waals surface area contributed by atoms with Gasteiger partial charge in [-0.3, -0.25) is 4.79 Å². The zero-order valence-corrected chi connectivity index (χ0v) is 23.2. The number of carbonyl (C=O) groups is 1. The summed E-state index contributed by atoms with van der Waals surface area (Å²) in [7, 11) is -4.25. The lowest BCUT2D eigenvalue weighted by atomic mass is 10.0. The molecule has 0 aliphatic heterocycles. The summed E-state index contributed by atoms with van der Waals surface area (Å²) in [6, 6.07) is 16.7. The van der Waals surface area contributed by atoms with Gasteiger partial charge in [0.25, 0.3) is 15.9 Å². The molecule has 11 heteroatoms. The number of nitrogens with one attached hydrogen (secondary N) is 2. The Morgan fingerprint density at radius 2 is 1.85 bits per heavy atom. The van der Waals surface area contributed by atoms with E-state index in [1.54, 1.807) is 54.7 Å². The molecule has 4 rings (SSSR count). The van der Waals surface area contributed by atoms with Gasteiger partial charge in [0.1, 0.15) is 11.9 Å². The molecule has 1 atom stereocenters. The second-order valence-corrected chi connectivity index (χ2v) is 11.0. The van der Waals surface area contributed by atoms with Crippen LogP contribution in [0.4, 0.5) is 11.5 Å². The van der Waals surface area contributed by atoms with E-state index in [9.17, 15) is 18.3 Å². The molecule has 0 saturated carbocycles. The first-order valence-electron chi connectivity index (χ1n) is 12.7. The molecule has 0 aliphatic rings. The summed E-state index contributed by atoms with van der Waals surface area (Å²) in [6.07, 6.45) is 1.47. The number of hydrogen-bond acceptors (Lipinski definition) is 9. The summed E-state index contributed by atoms with van der Waals surface area (Å²) in [5.74, 6) is 0.478. The Hall–Kier alpha value is -4.35. The Morgan fingerprint density at radius 3 is 2.58 bits per heavy atom. The van der Waals surface area contributed by atoms with Gasteiger partial charge in [0.15, 0.2) is 11.5 Å². The van der Waals surface area contributed by atoms with Crippen molar-refractivity contribution >= 4 is 38.2 Å². The monoisotopic (exact) mass is 564 g/mol. The Bertz CT molecular complexity index is 1620. The molecule has 210 valence electrons. The number of nitrogens with two attached hydrogens (primary N) is 1. The first-order chi connectivity index (χ1) is 19.1. The molecule has 4 aromatic rings. The third-order valence-electron chi connectivity index (χ3n) is 5.96. The van der Waals surface area contributed by atoms with E-state index in [1.807, 2.05) is 20.8 Å². The van der Waals surface area contributed by atoms with Gasteiger partial charge < -0.3 is 25.6 Å². The fourth-order valence-electron chi connectivity index (χ4n) is 4.14. The Balaban J connectivity index is 1.74. The van der Waals surface area contributed by atoms with Crippen molar-refractivity contribution in [3.05, 3.63) is 84.1 Å². The normalized spacial score (nSPS) is 12.2. The predicted octanol–water partition coefficient (Wildman–Crippen LogP) is 4.15. The second kappa shape index (κ2) is 12.2. The SMILES string of the molecule is CCOc1cc(C(Nc2ccc3c(N)nccc3c2)C(=O)NS(=O)(=O)c2cccc(CO)c2)ccc1OC(C)C. The van der Waals surface area contributed by atoms with Crippen LogP contribution in [0.2, 0.25) is 0 Å². The van der Waals surface area contributed by atoms with Gasteiger partial charge in [-0.2, -0.15) is 0 Å². The van der Waals surface area contributed by atoms with Crippen LogP contribution in [0.3, 0.4) is 0 Å². The number of amides is 1. The summed E-state index contributed by atoms with van der Waals surface area (Å²) in [5, 5.41) is 14.1. The Labute approximate surface area is 233 Å². The number of rotatable bonds is 11. The zero-order chi connectivity index (χ0) is 28.9. The number of carbonyl (C=O) groups excluding carboxylic acids is 1. The van der Waals surface area contributed by atoms with E-state index in [4.69, 9.17) is 15.2 Å². The number of nitrogens with zero attached hydrogens (tertiary/aromatic N) is 1. The maximum Gasteiger partial charge on any atom is 0.264 e. The fraction of sp³-hybridized carbons (Fsp3) is 0.241. The highest BCUT2D eigenvalue weighted by atomic mass is 32.2. The lowest BCUT2D eigenvalue weighted by Gasteiger charge is -2.22. The highest BCUT2D eigenvalue weighted by molar-refractivity contribution is 7.90. The molecule has 0 fully saturated rings. The number of aliphatic hydroxyl groups is 1. The number of pyridine rings is 1. The van der Waals surface area contributed by atoms with Gasteiger partial charge >= 0.3 is 0 Å². The molecular formula is C29H32N4O6S. The van der Waals surface area contributed by atoms with Crippen molar-refractivity contribution < 1.29 is 27.8 Å². The third-order valence-corrected chi connectivity index (χ3v) is 7.30. The quantitative estimate of drug-likeness (QED) is 0.210. The van der Waals surface area contributed by atoms with Crippen molar-refractivity contribution in [2.45, 2.75) is 44.4 Å². The van der Waals surface area contributed by atoms with Crippen LogP contribution in [0.15, 0.2) is 77.8 Å². The molecule has 5 N–H and O–H groups in total. The topological polar surface area (TPSA) is 153 Å². The molecule has 1 unspecified atom stereocenters. The first kappa shape index (κ1) is 28.7. The van der Waals surface area contributed by atoms with Gasteiger partial charge in [0.05, 0.1) is 24.2 Å². The molecule has 0 aliphatic carbocycles. The summed E-state index contributed by atoms with van der Waals surface area (Å²) >= 11 is 0. The number of hydrogen-bond donors (Lipinski definition) is 4. The molecule has 1 aromatic heterocycles. The number of anilines is 2. The molecule has 1 amide bonds. The molecule has 0 saturated heterocycles. The van der Waals surface area contributed by atoms with Crippen LogP contribution in [0.1, 0.15) is 37.9 Å². The van der Waals surface area contributed by atoms with Crippen LogP contribution in [-0.4, -0.2) is 37.1 Å². The lowest BCUT2D eigenvalue weighted by molar-refractivity contribution is -0.120. The zero-order valence-electron chi connectivity index (χ0n) is 22.4. The van der Waals surface area contributed by atoms with Gasteiger partial charge in [-0.25, -0.2) is 18.1 Å². The van der Waals surface area contributed by atoms with E-state index >= 15 is 0 Å². The number of fused-ring (bicyclic) bond motifs is 1. The average molecular weight is 565 g/mol. The molecule has 0 radical (unpaired) electrons. The van der Waals surface area contributed by atoms with Crippen LogP contribution in [0.25, 0.3) is 10.8 Å². The summed E-state index contributed by atoms with van der Waals surface area (Å²) in [4.78, 5) is 17.6. The number of nitrogen functional groups attached to an aromatic ring is 1. The van der Waals surface area contributed by atoms with Crippen molar-refractivity contribution in [3.63, 3.8) is 0 Å². The van der Waals surface area contributed by atoms with Crippen LogP contribution in [0, 0.1) is 0 Å². The van der Waals surface area contributed by atoms with Crippen LogP contribution < -0.4 is 25.2 Å². The van der Waals surface area contributed by atoms with Gasteiger partial charge in [-0.05, 0) is 85.8 Å². The minimum atomic E-state index is -4.25.